The number of hydrogen-bond donors (Lipinski definition) is 1. The third kappa shape index (κ3) is 2.61. The van der Waals surface area contributed by atoms with E-state index < -0.39 is 0 Å². The molecule has 0 fully saturated rings. The first-order chi connectivity index (χ1) is 7.75. The van der Waals surface area contributed by atoms with E-state index in [1.165, 1.54) is 18.7 Å². The SMILES string of the molecule is CC(=O)SCC#Cc1cnc2cn[nH]c2c1. The van der Waals surface area contributed by atoms with Gasteiger partial charge in [0.05, 0.1) is 17.5 Å². The maximum Gasteiger partial charge on any atom is 0.186 e. The lowest BCUT2D eigenvalue weighted by Crippen LogP contribution is -1.83. The molecule has 5 heteroatoms. The van der Waals surface area contributed by atoms with Crippen molar-refractivity contribution in [3.63, 3.8) is 0 Å². The van der Waals surface area contributed by atoms with Gasteiger partial charge >= 0.3 is 0 Å². The molecule has 16 heavy (non-hydrogen) atoms. The Morgan fingerprint density at radius 2 is 2.44 bits per heavy atom. The Balaban J connectivity index is 2.11. The number of nitrogens with zero attached hydrogens (tertiary/aromatic N) is 2. The number of fused-ring (bicyclic) bond motifs is 1. The minimum absolute atomic E-state index is 0.0800. The number of carbonyl (C=O) groups excluding carboxylic acids is 1. The van der Waals surface area contributed by atoms with Crippen LogP contribution in [-0.4, -0.2) is 26.0 Å². The van der Waals surface area contributed by atoms with Crippen molar-refractivity contribution in [2.45, 2.75) is 6.92 Å². The van der Waals surface area contributed by atoms with Crippen molar-refractivity contribution in [3.8, 4) is 11.8 Å². The quantitative estimate of drug-likeness (QED) is 0.757. The molecule has 0 saturated carbocycles. The van der Waals surface area contributed by atoms with Crippen LogP contribution in [0.15, 0.2) is 18.5 Å². The number of hydrogen-bond acceptors (Lipinski definition) is 4. The van der Waals surface area contributed by atoms with Crippen LogP contribution >= 0.6 is 11.8 Å². The standard InChI is InChI=1S/C11H9N3OS/c1-8(15)16-4-2-3-9-5-10-11(12-6-9)7-13-14-10/h5-7H,4H2,1H3,(H,13,14). The van der Waals surface area contributed by atoms with Crippen LogP contribution in [0.25, 0.3) is 11.0 Å². The first-order valence-corrected chi connectivity index (χ1v) is 5.65. The van der Waals surface area contributed by atoms with Crippen molar-refractivity contribution in [3.05, 3.63) is 24.0 Å². The van der Waals surface area contributed by atoms with E-state index in [0.29, 0.717) is 5.75 Å². The summed E-state index contributed by atoms with van der Waals surface area (Å²) in [5.74, 6) is 6.37. The lowest BCUT2D eigenvalue weighted by Gasteiger charge is -1.90. The van der Waals surface area contributed by atoms with Gasteiger partial charge in [0.15, 0.2) is 5.12 Å². The van der Waals surface area contributed by atoms with Gasteiger partial charge in [-0.2, -0.15) is 5.10 Å². The second-order valence-corrected chi connectivity index (χ2v) is 4.26. The molecule has 2 aromatic rings. The van der Waals surface area contributed by atoms with Crippen molar-refractivity contribution in [2.75, 3.05) is 5.75 Å². The maximum atomic E-state index is 10.7. The Morgan fingerprint density at radius 1 is 1.56 bits per heavy atom. The van der Waals surface area contributed by atoms with Crippen molar-refractivity contribution in [1.29, 1.82) is 0 Å². The van der Waals surface area contributed by atoms with Gasteiger partial charge in [0.2, 0.25) is 0 Å². The molecule has 0 aliphatic rings. The summed E-state index contributed by atoms with van der Waals surface area (Å²) in [4.78, 5) is 14.8. The van der Waals surface area contributed by atoms with Crippen molar-refractivity contribution >= 4 is 27.9 Å². The molecular weight excluding hydrogens is 222 g/mol. The molecule has 0 aliphatic carbocycles. The first kappa shape index (κ1) is 10.7. The highest BCUT2D eigenvalue weighted by atomic mass is 32.2. The van der Waals surface area contributed by atoms with Crippen LogP contribution in [0.3, 0.4) is 0 Å². The zero-order valence-corrected chi connectivity index (χ0v) is 9.47. The Morgan fingerprint density at radius 3 is 3.25 bits per heavy atom. The van der Waals surface area contributed by atoms with Crippen molar-refractivity contribution in [2.24, 2.45) is 0 Å². The Bertz CT molecular complexity index is 579. The summed E-state index contributed by atoms with van der Waals surface area (Å²) in [6.45, 7) is 1.53. The van der Waals surface area contributed by atoms with Crippen molar-refractivity contribution in [1.82, 2.24) is 15.2 Å². The molecule has 80 valence electrons. The molecule has 0 atom stereocenters. The topological polar surface area (TPSA) is 58.6 Å². The molecule has 0 radical (unpaired) electrons. The monoisotopic (exact) mass is 231 g/mol. The van der Waals surface area contributed by atoms with E-state index >= 15 is 0 Å². The molecule has 0 bridgehead atoms. The van der Waals surface area contributed by atoms with E-state index in [9.17, 15) is 4.79 Å². The largest absolute Gasteiger partial charge is 0.288 e. The van der Waals surface area contributed by atoms with E-state index in [1.54, 1.807) is 12.4 Å². The fraction of sp³-hybridized carbons (Fsp3) is 0.182. The number of H-pyrrole nitrogens is 1. The summed E-state index contributed by atoms with van der Waals surface area (Å²) in [7, 11) is 0. The van der Waals surface area contributed by atoms with E-state index in [1.807, 2.05) is 6.07 Å². The molecular formula is C11H9N3OS. The van der Waals surface area contributed by atoms with Crippen LogP contribution in [0.1, 0.15) is 12.5 Å². The summed E-state index contributed by atoms with van der Waals surface area (Å²) in [5, 5.41) is 6.79. The van der Waals surface area contributed by atoms with Gasteiger partial charge in [-0.3, -0.25) is 14.9 Å². The van der Waals surface area contributed by atoms with E-state index in [0.717, 1.165) is 16.6 Å². The molecule has 4 nitrogen and oxygen atoms in total. The van der Waals surface area contributed by atoms with Gasteiger partial charge in [0.1, 0.15) is 5.52 Å². The molecule has 0 unspecified atom stereocenters. The Hall–Kier alpha value is -1.80. The third-order valence-corrected chi connectivity index (χ3v) is 2.57. The average molecular weight is 231 g/mol. The van der Waals surface area contributed by atoms with Crippen LogP contribution in [0.4, 0.5) is 0 Å². The molecule has 0 saturated heterocycles. The highest BCUT2D eigenvalue weighted by Gasteiger charge is 1.96. The molecule has 2 heterocycles. The number of pyridine rings is 1. The normalized spacial score (nSPS) is 9.81. The van der Waals surface area contributed by atoms with Gasteiger partial charge < -0.3 is 0 Å². The lowest BCUT2D eigenvalue weighted by atomic mass is 10.2. The molecule has 0 aromatic carbocycles. The molecule has 0 aliphatic heterocycles. The summed E-state index contributed by atoms with van der Waals surface area (Å²) in [6, 6.07) is 1.89. The summed E-state index contributed by atoms with van der Waals surface area (Å²) < 4.78 is 0. The van der Waals surface area contributed by atoms with Gasteiger partial charge in [-0.25, -0.2) is 0 Å². The number of carbonyl (C=O) groups is 1. The molecule has 0 amide bonds. The van der Waals surface area contributed by atoms with Gasteiger partial charge in [-0.1, -0.05) is 23.6 Å². The van der Waals surface area contributed by atoms with E-state index in [4.69, 9.17) is 0 Å². The zero-order valence-electron chi connectivity index (χ0n) is 8.65. The van der Waals surface area contributed by atoms with Crippen LogP contribution in [0.2, 0.25) is 0 Å². The van der Waals surface area contributed by atoms with E-state index in [2.05, 4.69) is 27.0 Å². The highest BCUT2D eigenvalue weighted by molar-refractivity contribution is 8.13. The maximum absolute atomic E-state index is 10.7. The second-order valence-electron chi connectivity index (χ2n) is 3.11. The van der Waals surface area contributed by atoms with Gasteiger partial charge in [0, 0.05) is 18.7 Å². The number of aromatic amines is 1. The Kier molecular flexibility index (Phi) is 3.22. The molecule has 1 N–H and O–H groups in total. The smallest absolute Gasteiger partial charge is 0.186 e. The summed E-state index contributed by atoms with van der Waals surface area (Å²) in [6.07, 6.45) is 3.36. The van der Waals surface area contributed by atoms with Crippen LogP contribution in [0.5, 0.6) is 0 Å². The third-order valence-electron chi connectivity index (χ3n) is 1.87. The number of nitrogens with one attached hydrogen (secondary N) is 1. The second kappa shape index (κ2) is 4.81. The van der Waals surface area contributed by atoms with Gasteiger partial charge in [0.25, 0.3) is 0 Å². The summed E-state index contributed by atoms with van der Waals surface area (Å²) >= 11 is 1.20. The first-order valence-electron chi connectivity index (χ1n) is 4.67. The predicted octanol–water partition coefficient (Wildman–Crippen LogP) is 1.59. The number of rotatable bonds is 1. The highest BCUT2D eigenvalue weighted by Crippen LogP contribution is 2.08. The van der Waals surface area contributed by atoms with Crippen LogP contribution in [0, 0.1) is 11.8 Å². The van der Waals surface area contributed by atoms with Crippen LogP contribution < -0.4 is 0 Å². The molecule has 2 aromatic heterocycles. The minimum Gasteiger partial charge on any atom is -0.288 e. The zero-order chi connectivity index (χ0) is 11.4. The van der Waals surface area contributed by atoms with Crippen molar-refractivity contribution < 1.29 is 4.79 Å². The predicted molar refractivity (Wildman–Crippen MR) is 63.9 cm³/mol. The van der Waals surface area contributed by atoms with Crippen LogP contribution in [-0.2, 0) is 4.79 Å². The molecule has 0 spiro atoms. The van der Waals surface area contributed by atoms with Gasteiger partial charge in [-0.15, -0.1) is 0 Å². The number of thioether (sulfide) groups is 1. The minimum atomic E-state index is 0.0800. The summed E-state index contributed by atoms with van der Waals surface area (Å²) in [5.41, 5.74) is 2.51. The van der Waals surface area contributed by atoms with E-state index in [-0.39, 0.29) is 5.12 Å². The lowest BCUT2D eigenvalue weighted by molar-refractivity contribution is -0.109. The fourth-order valence-corrected chi connectivity index (χ4v) is 1.52. The van der Waals surface area contributed by atoms with Gasteiger partial charge in [-0.05, 0) is 6.07 Å². The fourth-order valence-electron chi connectivity index (χ4n) is 1.17. The Labute approximate surface area is 96.8 Å². The molecule has 2 rings (SSSR count). The average Bonchev–Trinajstić information content (AvgIpc) is 2.71. The number of aromatic nitrogens is 3.